The Bertz CT molecular complexity index is 432. The Morgan fingerprint density at radius 2 is 1.81 bits per heavy atom. The van der Waals surface area contributed by atoms with Crippen LogP contribution in [0.4, 0.5) is 0 Å². The smallest absolute Gasteiger partial charge is 0.321 e. The van der Waals surface area contributed by atoms with E-state index >= 15 is 0 Å². The van der Waals surface area contributed by atoms with Crippen molar-refractivity contribution < 1.29 is 27.5 Å². The standard InChI is InChI=1S/C13H25NO6S/c1-5-20-13(16)10-14(9-11(2)3)21(17,18)8-6-7-12(15)19-4/h11H,5-10H2,1-4H3. The normalized spacial score (nSPS) is 11.7. The lowest BCUT2D eigenvalue weighted by Crippen LogP contribution is -2.40. The Morgan fingerprint density at radius 1 is 1.19 bits per heavy atom. The summed E-state index contributed by atoms with van der Waals surface area (Å²) in [4.78, 5) is 22.5. The molecule has 0 saturated heterocycles. The molecule has 0 rings (SSSR count). The number of carbonyl (C=O) groups is 2. The van der Waals surface area contributed by atoms with Gasteiger partial charge in [-0.05, 0) is 19.3 Å². The van der Waals surface area contributed by atoms with Gasteiger partial charge in [0.15, 0.2) is 0 Å². The van der Waals surface area contributed by atoms with Crippen LogP contribution in [0.15, 0.2) is 0 Å². The highest BCUT2D eigenvalue weighted by Crippen LogP contribution is 2.09. The fourth-order valence-electron chi connectivity index (χ4n) is 1.66. The molecule has 0 N–H and O–H groups in total. The predicted molar refractivity (Wildman–Crippen MR) is 78.1 cm³/mol. The highest BCUT2D eigenvalue weighted by atomic mass is 32.2. The summed E-state index contributed by atoms with van der Waals surface area (Å²) in [5, 5.41) is 0. The molecule has 0 aliphatic heterocycles. The molecule has 0 fully saturated rings. The molecule has 0 aromatic rings. The van der Waals surface area contributed by atoms with E-state index in [1.807, 2.05) is 13.8 Å². The van der Waals surface area contributed by atoms with Gasteiger partial charge in [0.1, 0.15) is 6.54 Å². The molecule has 0 aliphatic carbocycles. The summed E-state index contributed by atoms with van der Waals surface area (Å²) in [6, 6.07) is 0. The molecule has 0 atom stereocenters. The van der Waals surface area contributed by atoms with Crippen LogP contribution in [0.25, 0.3) is 0 Å². The molecule has 0 amide bonds. The van der Waals surface area contributed by atoms with Crippen molar-refractivity contribution in [3.63, 3.8) is 0 Å². The molecule has 21 heavy (non-hydrogen) atoms. The maximum Gasteiger partial charge on any atom is 0.321 e. The van der Waals surface area contributed by atoms with E-state index in [0.717, 1.165) is 4.31 Å². The summed E-state index contributed by atoms with van der Waals surface area (Å²) in [7, 11) is -2.36. The molecule has 0 aromatic carbocycles. The van der Waals surface area contributed by atoms with E-state index in [1.54, 1.807) is 6.92 Å². The van der Waals surface area contributed by atoms with Crippen molar-refractivity contribution in [1.29, 1.82) is 0 Å². The molecule has 0 aliphatic rings. The summed E-state index contributed by atoms with van der Waals surface area (Å²) in [5.74, 6) is -1.15. The first-order valence-electron chi connectivity index (χ1n) is 6.93. The third-order valence-electron chi connectivity index (χ3n) is 2.58. The van der Waals surface area contributed by atoms with Crippen LogP contribution in [0.1, 0.15) is 33.6 Å². The first kappa shape index (κ1) is 19.9. The average molecular weight is 323 g/mol. The fraction of sp³-hybridized carbons (Fsp3) is 0.846. The number of ether oxygens (including phenoxy) is 2. The molecule has 0 saturated carbocycles. The number of methoxy groups -OCH3 is 1. The van der Waals surface area contributed by atoms with E-state index in [1.165, 1.54) is 7.11 Å². The molecular formula is C13H25NO6S. The average Bonchev–Trinajstić information content (AvgIpc) is 2.37. The van der Waals surface area contributed by atoms with E-state index < -0.39 is 22.0 Å². The largest absolute Gasteiger partial charge is 0.469 e. The lowest BCUT2D eigenvalue weighted by molar-refractivity contribution is -0.143. The van der Waals surface area contributed by atoms with Gasteiger partial charge in [-0.3, -0.25) is 9.59 Å². The zero-order valence-electron chi connectivity index (χ0n) is 13.1. The summed E-state index contributed by atoms with van der Waals surface area (Å²) in [5.41, 5.74) is 0. The van der Waals surface area contributed by atoms with Gasteiger partial charge < -0.3 is 9.47 Å². The Balaban J connectivity index is 4.70. The quantitative estimate of drug-likeness (QED) is 0.552. The number of nitrogens with zero attached hydrogens (tertiary/aromatic N) is 1. The molecular weight excluding hydrogens is 298 g/mol. The van der Waals surface area contributed by atoms with Crippen molar-refractivity contribution >= 4 is 22.0 Å². The van der Waals surface area contributed by atoms with E-state index in [-0.39, 0.29) is 44.2 Å². The van der Waals surface area contributed by atoms with Crippen molar-refractivity contribution in [2.75, 3.05) is 32.6 Å². The van der Waals surface area contributed by atoms with Crippen LogP contribution < -0.4 is 0 Å². The van der Waals surface area contributed by atoms with Crippen molar-refractivity contribution in [1.82, 2.24) is 4.31 Å². The number of rotatable bonds is 10. The Hall–Kier alpha value is -1.15. The van der Waals surface area contributed by atoms with Gasteiger partial charge >= 0.3 is 11.9 Å². The fourth-order valence-corrected chi connectivity index (χ4v) is 3.26. The van der Waals surface area contributed by atoms with Crippen LogP contribution in [0.5, 0.6) is 0 Å². The number of hydrogen-bond acceptors (Lipinski definition) is 6. The van der Waals surface area contributed by atoms with Gasteiger partial charge in [-0.2, -0.15) is 4.31 Å². The Labute approximate surface area is 126 Å². The molecule has 0 radical (unpaired) electrons. The summed E-state index contributed by atoms with van der Waals surface area (Å²) in [6.07, 6.45) is 0.192. The number of hydrogen-bond donors (Lipinski definition) is 0. The molecule has 124 valence electrons. The van der Waals surface area contributed by atoms with Crippen molar-refractivity contribution in [2.24, 2.45) is 5.92 Å². The Kier molecular flexibility index (Phi) is 9.19. The second kappa shape index (κ2) is 9.73. The first-order valence-corrected chi connectivity index (χ1v) is 8.54. The monoisotopic (exact) mass is 323 g/mol. The Morgan fingerprint density at radius 3 is 2.29 bits per heavy atom. The van der Waals surface area contributed by atoms with Crippen molar-refractivity contribution in [2.45, 2.75) is 33.6 Å². The second-order valence-electron chi connectivity index (χ2n) is 4.99. The van der Waals surface area contributed by atoms with E-state index in [0.29, 0.717) is 0 Å². The first-order chi connectivity index (χ1) is 9.72. The molecule has 7 nitrogen and oxygen atoms in total. The van der Waals surface area contributed by atoms with Crippen LogP contribution in [0.2, 0.25) is 0 Å². The topological polar surface area (TPSA) is 90.0 Å². The van der Waals surface area contributed by atoms with Gasteiger partial charge in [0.05, 0.1) is 19.5 Å². The van der Waals surface area contributed by atoms with Gasteiger partial charge in [0.2, 0.25) is 10.0 Å². The molecule has 0 heterocycles. The van der Waals surface area contributed by atoms with Crippen molar-refractivity contribution in [3.8, 4) is 0 Å². The van der Waals surface area contributed by atoms with Crippen LogP contribution in [-0.4, -0.2) is 57.2 Å². The minimum atomic E-state index is -3.61. The van der Waals surface area contributed by atoms with Crippen LogP contribution in [0.3, 0.4) is 0 Å². The van der Waals surface area contributed by atoms with Crippen molar-refractivity contribution in [3.05, 3.63) is 0 Å². The summed E-state index contributed by atoms with van der Waals surface area (Å²) in [6.45, 7) is 5.53. The van der Waals surface area contributed by atoms with Gasteiger partial charge in [-0.25, -0.2) is 8.42 Å². The second-order valence-corrected chi connectivity index (χ2v) is 7.08. The van der Waals surface area contributed by atoms with E-state index in [9.17, 15) is 18.0 Å². The van der Waals surface area contributed by atoms with E-state index in [2.05, 4.69) is 4.74 Å². The number of sulfonamides is 1. The molecule has 0 bridgehead atoms. The minimum absolute atomic E-state index is 0.0324. The predicted octanol–water partition coefficient (Wildman–Crippen LogP) is 0.790. The lowest BCUT2D eigenvalue weighted by Gasteiger charge is -2.22. The maximum atomic E-state index is 12.2. The van der Waals surface area contributed by atoms with Gasteiger partial charge in [-0.15, -0.1) is 0 Å². The third kappa shape index (κ3) is 8.67. The number of carbonyl (C=O) groups excluding carboxylic acids is 2. The molecule has 0 aromatic heterocycles. The van der Waals surface area contributed by atoms with Crippen LogP contribution in [0, 0.1) is 5.92 Å². The highest BCUT2D eigenvalue weighted by molar-refractivity contribution is 7.89. The molecule has 0 spiro atoms. The summed E-state index contributed by atoms with van der Waals surface area (Å²) < 4.78 is 34.9. The summed E-state index contributed by atoms with van der Waals surface area (Å²) >= 11 is 0. The highest BCUT2D eigenvalue weighted by Gasteiger charge is 2.25. The third-order valence-corrected chi connectivity index (χ3v) is 4.45. The zero-order chi connectivity index (χ0) is 16.5. The van der Waals surface area contributed by atoms with E-state index in [4.69, 9.17) is 4.74 Å². The molecule has 0 unspecified atom stereocenters. The lowest BCUT2D eigenvalue weighted by atomic mass is 10.2. The van der Waals surface area contributed by atoms with Crippen LogP contribution >= 0.6 is 0 Å². The SMILES string of the molecule is CCOC(=O)CN(CC(C)C)S(=O)(=O)CCCC(=O)OC. The van der Waals surface area contributed by atoms with Gasteiger partial charge in [0, 0.05) is 13.0 Å². The van der Waals surface area contributed by atoms with Gasteiger partial charge in [0.25, 0.3) is 0 Å². The molecule has 8 heteroatoms. The maximum absolute atomic E-state index is 12.2. The van der Waals surface area contributed by atoms with Crippen LogP contribution in [-0.2, 0) is 29.1 Å². The number of esters is 2. The minimum Gasteiger partial charge on any atom is -0.469 e. The van der Waals surface area contributed by atoms with Gasteiger partial charge in [-0.1, -0.05) is 13.8 Å². The zero-order valence-corrected chi connectivity index (χ0v) is 13.9.